The molecule has 0 saturated carbocycles. The first-order valence-corrected chi connectivity index (χ1v) is 8.42. The van der Waals surface area contributed by atoms with Crippen LogP contribution in [0.25, 0.3) is 0 Å². The van der Waals surface area contributed by atoms with Crippen LogP contribution in [-0.4, -0.2) is 22.8 Å². The minimum Gasteiger partial charge on any atom is -0.458 e. The molecule has 132 valence electrons. The Morgan fingerprint density at radius 1 is 1.30 bits per heavy atom. The molecule has 0 aromatic heterocycles. The standard InChI is InChI=1S/C20H34O3/c1-8-20(7,22)14-18(23-19(21)12-16(4)5)13-17(6)11-9-10-15(2)3/h8,10,13,16,18,22H,1,9,11-12,14H2,2-7H3. The quantitative estimate of drug-likeness (QED) is 0.456. The Morgan fingerprint density at radius 3 is 2.39 bits per heavy atom. The fourth-order valence-corrected chi connectivity index (χ4v) is 2.16. The average molecular weight is 322 g/mol. The molecule has 0 amide bonds. The number of ether oxygens (including phenoxy) is 1. The molecule has 0 rings (SSSR count). The summed E-state index contributed by atoms with van der Waals surface area (Å²) in [5, 5.41) is 10.2. The molecule has 0 bridgehead atoms. The molecule has 0 aliphatic rings. The number of carbonyl (C=O) groups excluding carboxylic acids is 1. The van der Waals surface area contributed by atoms with Crippen LogP contribution in [0.15, 0.2) is 36.0 Å². The summed E-state index contributed by atoms with van der Waals surface area (Å²) in [6.07, 6.45) is 7.79. The maximum atomic E-state index is 12.0. The van der Waals surface area contributed by atoms with Gasteiger partial charge in [-0.2, -0.15) is 0 Å². The minimum atomic E-state index is -1.06. The predicted octanol–water partition coefficient (Wildman–Crippen LogP) is 4.96. The van der Waals surface area contributed by atoms with Crippen LogP contribution in [0.4, 0.5) is 0 Å². The highest BCUT2D eigenvalue weighted by Gasteiger charge is 2.24. The lowest BCUT2D eigenvalue weighted by molar-refractivity contribution is -0.149. The first kappa shape index (κ1) is 21.6. The zero-order valence-corrected chi connectivity index (χ0v) is 15.7. The summed E-state index contributed by atoms with van der Waals surface area (Å²) in [6, 6.07) is 0. The van der Waals surface area contributed by atoms with Gasteiger partial charge >= 0.3 is 5.97 Å². The molecule has 0 heterocycles. The van der Waals surface area contributed by atoms with Gasteiger partial charge in [0.1, 0.15) is 6.10 Å². The fraction of sp³-hybridized carbons (Fsp3) is 0.650. The Morgan fingerprint density at radius 2 is 1.91 bits per heavy atom. The zero-order chi connectivity index (χ0) is 18.0. The second-order valence-electron chi connectivity index (χ2n) is 7.22. The summed E-state index contributed by atoms with van der Waals surface area (Å²) in [5.41, 5.74) is 1.40. The van der Waals surface area contributed by atoms with Gasteiger partial charge < -0.3 is 9.84 Å². The molecule has 3 nitrogen and oxygen atoms in total. The lowest BCUT2D eigenvalue weighted by Gasteiger charge is -2.24. The maximum absolute atomic E-state index is 12.0. The van der Waals surface area contributed by atoms with Crippen molar-refractivity contribution in [2.24, 2.45) is 5.92 Å². The highest BCUT2D eigenvalue weighted by Crippen LogP contribution is 2.20. The molecular weight excluding hydrogens is 288 g/mol. The summed E-state index contributed by atoms with van der Waals surface area (Å²) >= 11 is 0. The normalized spacial score (nSPS) is 15.7. The molecular formula is C20H34O3. The number of allylic oxidation sites excluding steroid dienone is 3. The minimum absolute atomic E-state index is 0.224. The van der Waals surface area contributed by atoms with Gasteiger partial charge in [0, 0.05) is 12.8 Å². The van der Waals surface area contributed by atoms with Gasteiger partial charge in [-0.1, -0.05) is 37.1 Å². The van der Waals surface area contributed by atoms with Crippen LogP contribution in [0.5, 0.6) is 0 Å². The molecule has 0 fully saturated rings. The average Bonchev–Trinajstić information content (AvgIpc) is 2.36. The van der Waals surface area contributed by atoms with Crippen molar-refractivity contribution in [3.63, 3.8) is 0 Å². The number of hydrogen-bond acceptors (Lipinski definition) is 3. The van der Waals surface area contributed by atoms with Gasteiger partial charge in [-0.3, -0.25) is 4.79 Å². The molecule has 0 aromatic carbocycles. The molecule has 0 radical (unpaired) electrons. The van der Waals surface area contributed by atoms with Crippen LogP contribution in [0.3, 0.4) is 0 Å². The van der Waals surface area contributed by atoms with Crippen molar-refractivity contribution in [1.82, 2.24) is 0 Å². The van der Waals surface area contributed by atoms with Gasteiger partial charge in [0.25, 0.3) is 0 Å². The molecule has 0 spiro atoms. The van der Waals surface area contributed by atoms with Crippen molar-refractivity contribution in [1.29, 1.82) is 0 Å². The van der Waals surface area contributed by atoms with Crippen LogP contribution in [0.2, 0.25) is 0 Å². The maximum Gasteiger partial charge on any atom is 0.306 e. The van der Waals surface area contributed by atoms with Crippen LogP contribution in [-0.2, 0) is 9.53 Å². The summed E-state index contributed by atoms with van der Waals surface area (Å²) in [7, 11) is 0. The summed E-state index contributed by atoms with van der Waals surface area (Å²) < 4.78 is 5.56. The van der Waals surface area contributed by atoms with E-state index in [1.165, 1.54) is 11.6 Å². The Labute approximate surface area is 142 Å². The molecule has 2 unspecified atom stereocenters. The van der Waals surface area contributed by atoms with Crippen molar-refractivity contribution in [3.8, 4) is 0 Å². The highest BCUT2D eigenvalue weighted by molar-refractivity contribution is 5.70. The lowest BCUT2D eigenvalue weighted by Crippen LogP contribution is -2.30. The van der Waals surface area contributed by atoms with Gasteiger partial charge in [-0.25, -0.2) is 0 Å². The Kier molecular flexibility index (Phi) is 9.82. The summed E-state index contributed by atoms with van der Waals surface area (Å²) in [4.78, 5) is 12.0. The Bertz CT molecular complexity index is 438. The van der Waals surface area contributed by atoms with E-state index < -0.39 is 11.7 Å². The predicted molar refractivity (Wildman–Crippen MR) is 97.2 cm³/mol. The van der Waals surface area contributed by atoms with E-state index in [1.54, 1.807) is 6.92 Å². The topological polar surface area (TPSA) is 46.5 Å². The van der Waals surface area contributed by atoms with Crippen LogP contribution < -0.4 is 0 Å². The number of rotatable bonds is 10. The smallest absolute Gasteiger partial charge is 0.306 e. The number of hydrogen-bond donors (Lipinski definition) is 1. The molecule has 2 atom stereocenters. The molecule has 0 aliphatic carbocycles. The van der Waals surface area contributed by atoms with Crippen molar-refractivity contribution < 1.29 is 14.6 Å². The number of carbonyl (C=O) groups is 1. The van der Waals surface area contributed by atoms with Crippen LogP contribution >= 0.6 is 0 Å². The van der Waals surface area contributed by atoms with Gasteiger partial charge in [0.2, 0.25) is 0 Å². The first-order chi connectivity index (χ1) is 10.6. The lowest BCUT2D eigenvalue weighted by atomic mass is 9.96. The van der Waals surface area contributed by atoms with E-state index in [1.807, 2.05) is 26.8 Å². The van der Waals surface area contributed by atoms with Crippen molar-refractivity contribution in [2.45, 2.75) is 78.9 Å². The number of aliphatic hydroxyl groups is 1. The van der Waals surface area contributed by atoms with Crippen molar-refractivity contribution in [2.75, 3.05) is 0 Å². The van der Waals surface area contributed by atoms with Crippen molar-refractivity contribution >= 4 is 5.97 Å². The third-order valence-corrected chi connectivity index (χ3v) is 3.47. The first-order valence-electron chi connectivity index (χ1n) is 8.42. The van der Waals surface area contributed by atoms with E-state index in [-0.39, 0.29) is 11.9 Å². The van der Waals surface area contributed by atoms with E-state index in [2.05, 4.69) is 26.5 Å². The zero-order valence-electron chi connectivity index (χ0n) is 15.7. The van der Waals surface area contributed by atoms with Gasteiger partial charge in [0.05, 0.1) is 5.60 Å². The number of esters is 1. The molecule has 0 aromatic rings. The van der Waals surface area contributed by atoms with Gasteiger partial charge in [0.15, 0.2) is 0 Å². The highest BCUT2D eigenvalue weighted by atomic mass is 16.5. The second kappa shape index (κ2) is 10.4. The Hall–Kier alpha value is -1.35. The second-order valence-corrected chi connectivity index (χ2v) is 7.22. The van der Waals surface area contributed by atoms with E-state index >= 15 is 0 Å². The molecule has 3 heteroatoms. The van der Waals surface area contributed by atoms with Crippen LogP contribution in [0.1, 0.15) is 67.2 Å². The third kappa shape index (κ3) is 11.8. The molecule has 0 saturated heterocycles. The van der Waals surface area contributed by atoms with Gasteiger partial charge in [-0.05, 0) is 52.5 Å². The molecule has 0 aliphatic heterocycles. The summed E-state index contributed by atoms with van der Waals surface area (Å²) in [5.74, 6) is 0.0315. The van der Waals surface area contributed by atoms with Crippen molar-refractivity contribution in [3.05, 3.63) is 36.0 Å². The monoisotopic (exact) mass is 322 g/mol. The van der Waals surface area contributed by atoms with E-state index in [4.69, 9.17) is 4.74 Å². The van der Waals surface area contributed by atoms with E-state index in [0.717, 1.165) is 18.4 Å². The third-order valence-electron chi connectivity index (χ3n) is 3.47. The summed E-state index contributed by atoms with van der Waals surface area (Å²) in [6.45, 7) is 15.5. The van der Waals surface area contributed by atoms with Crippen LogP contribution in [0, 0.1) is 5.92 Å². The largest absolute Gasteiger partial charge is 0.458 e. The van der Waals surface area contributed by atoms with Gasteiger partial charge in [-0.15, -0.1) is 6.58 Å². The molecule has 1 N–H and O–H groups in total. The molecule has 23 heavy (non-hydrogen) atoms. The SMILES string of the molecule is C=CC(C)(O)CC(C=C(C)CCC=C(C)C)OC(=O)CC(C)C. The van der Waals surface area contributed by atoms with E-state index in [9.17, 15) is 9.90 Å². The fourth-order valence-electron chi connectivity index (χ4n) is 2.16. The Balaban J connectivity index is 4.92. The van der Waals surface area contributed by atoms with E-state index in [0.29, 0.717) is 12.8 Å².